The molecule has 21 heavy (non-hydrogen) atoms. The number of carbonyl (C=O) groups is 2. The van der Waals surface area contributed by atoms with E-state index in [0.29, 0.717) is 5.82 Å². The fraction of sp³-hybridized carbons (Fsp3) is 0.643. The molecule has 4 N–H and O–H groups in total. The molecule has 1 saturated carbocycles. The quantitative estimate of drug-likeness (QED) is 0.666. The number of rotatable bonds is 5. The number of nitrogens with zero attached hydrogens (tertiary/aromatic N) is 1. The molecule has 0 spiro atoms. The number of hydrogen-bond acceptors (Lipinski definition) is 3. The summed E-state index contributed by atoms with van der Waals surface area (Å²) >= 11 is 0. The number of carboxylic acid groups (broad SMARTS) is 1. The van der Waals surface area contributed by atoms with E-state index in [1.54, 1.807) is 0 Å². The van der Waals surface area contributed by atoms with Gasteiger partial charge >= 0.3 is 12.0 Å². The van der Waals surface area contributed by atoms with Crippen LogP contribution in [0, 0.1) is 0 Å². The molecule has 0 saturated heterocycles. The third-order valence-electron chi connectivity index (χ3n) is 4.16. The van der Waals surface area contributed by atoms with E-state index in [1.165, 1.54) is 6.20 Å². The van der Waals surface area contributed by atoms with E-state index in [4.69, 9.17) is 5.11 Å². The van der Waals surface area contributed by atoms with Gasteiger partial charge in [0.15, 0.2) is 0 Å². The number of aromatic amines is 1. The lowest BCUT2D eigenvalue weighted by Crippen LogP contribution is -2.57. The van der Waals surface area contributed by atoms with E-state index in [9.17, 15) is 9.59 Å². The average molecular weight is 294 g/mol. The van der Waals surface area contributed by atoms with Gasteiger partial charge in [-0.15, -0.1) is 0 Å². The maximum absolute atomic E-state index is 12.2. The zero-order valence-corrected chi connectivity index (χ0v) is 12.6. The number of carboxylic acids is 1. The Bertz CT molecular complexity index is 546. The first kappa shape index (κ1) is 15.3. The van der Waals surface area contributed by atoms with Gasteiger partial charge in [0.25, 0.3) is 0 Å². The number of carbonyl (C=O) groups excluding carboxylic acids is 1. The molecule has 1 aromatic heterocycles. The number of aromatic carboxylic acids is 1. The zero-order chi connectivity index (χ0) is 15.7. The molecule has 0 radical (unpaired) electrons. The summed E-state index contributed by atoms with van der Waals surface area (Å²) in [7, 11) is 0. The minimum Gasteiger partial charge on any atom is -0.477 e. The molecule has 0 aliphatic heterocycles. The van der Waals surface area contributed by atoms with Gasteiger partial charge in [-0.05, 0) is 39.5 Å². The molecule has 116 valence electrons. The van der Waals surface area contributed by atoms with Gasteiger partial charge in [0.1, 0.15) is 11.5 Å². The van der Waals surface area contributed by atoms with Crippen LogP contribution >= 0.6 is 0 Å². The highest BCUT2D eigenvalue weighted by molar-refractivity contribution is 5.85. The molecule has 7 heteroatoms. The lowest BCUT2D eigenvalue weighted by Gasteiger charge is -2.41. The van der Waals surface area contributed by atoms with Crippen LogP contribution in [0.25, 0.3) is 0 Å². The number of hydrogen-bond donors (Lipinski definition) is 4. The first-order chi connectivity index (χ1) is 9.78. The first-order valence-electron chi connectivity index (χ1n) is 7.17. The van der Waals surface area contributed by atoms with E-state index in [-0.39, 0.29) is 17.3 Å². The van der Waals surface area contributed by atoms with Crippen molar-refractivity contribution in [2.75, 3.05) is 0 Å². The second-order valence-electron chi connectivity index (χ2n) is 6.20. The molecule has 2 amide bonds. The summed E-state index contributed by atoms with van der Waals surface area (Å²) in [6.07, 6.45) is 4.57. The van der Waals surface area contributed by atoms with Crippen LogP contribution in [0.3, 0.4) is 0 Å². The highest BCUT2D eigenvalue weighted by Crippen LogP contribution is 2.39. The fourth-order valence-corrected chi connectivity index (χ4v) is 2.27. The van der Waals surface area contributed by atoms with Crippen molar-refractivity contribution in [3.05, 3.63) is 17.7 Å². The van der Waals surface area contributed by atoms with Crippen molar-refractivity contribution in [2.45, 2.75) is 57.5 Å². The Morgan fingerprint density at radius 2 is 2.14 bits per heavy atom. The lowest BCUT2D eigenvalue weighted by molar-refractivity contribution is 0.0690. The van der Waals surface area contributed by atoms with Gasteiger partial charge in [-0.25, -0.2) is 14.6 Å². The van der Waals surface area contributed by atoms with E-state index < -0.39 is 11.5 Å². The molecule has 0 aromatic carbocycles. The molecule has 0 atom stereocenters. The van der Waals surface area contributed by atoms with Crippen molar-refractivity contribution < 1.29 is 14.7 Å². The van der Waals surface area contributed by atoms with Crippen molar-refractivity contribution in [3.8, 4) is 0 Å². The van der Waals surface area contributed by atoms with Crippen LogP contribution < -0.4 is 10.6 Å². The van der Waals surface area contributed by atoms with Crippen LogP contribution in [0.15, 0.2) is 6.20 Å². The molecular formula is C14H22N4O3. The summed E-state index contributed by atoms with van der Waals surface area (Å²) in [6.45, 7) is 5.91. The Balaban J connectivity index is 2.11. The first-order valence-corrected chi connectivity index (χ1v) is 7.17. The monoisotopic (exact) mass is 294 g/mol. The zero-order valence-electron chi connectivity index (χ0n) is 12.6. The molecular weight excluding hydrogens is 272 g/mol. The summed E-state index contributed by atoms with van der Waals surface area (Å²) in [6, 6.07) is -0.255. The number of imidazole rings is 1. The minimum absolute atomic E-state index is 0.0346. The standard InChI is InChI=1S/C14H22N4O3/c1-4-13(2,3)17-12(21)18-14(6-5-7-14)11-15-8-9(16-11)10(19)20/h8H,4-7H2,1-3H3,(H,15,16)(H,19,20)(H2,17,18,21). The Morgan fingerprint density at radius 3 is 2.57 bits per heavy atom. The van der Waals surface area contributed by atoms with E-state index in [0.717, 1.165) is 25.7 Å². The molecule has 1 fully saturated rings. The SMILES string of the molecule is CCC(C)(C)NC(=O)NC1(c2ncc(C(=O)O)[nH]2)CCC1. The number of nitrogens with one attached hydrogen (secondary N) is 3. The van der Waals surface area contributed by atoms with Gasteiger partial charge in [0, 0.05) is 5.54 Å². The normalized spacial score (nSPS) is 16.9. The molecule has 0 unspecified atom stereocenters. The number of amides is 2. The van der Waals surface area contributed by atoms with Crippen LogP contribution in [0.2, 0.25) is 0 Å². The largest absolute Gasteiger partial charge is 0.477 e. The summed E-state index contributed by atoms with van der Waals surface area (Å²) in [5.74, 6) is -0.546. The van der Waals surface area contributed by atoms with Crippen LogP contribution in [-0.4, -0.2) is 32.6 Å². The molecule has 1 aliphatic rings. The predicted molar refractivity (Wildman–Crippen MR) is 77.1 cm³/mol. The van der Waals surface area contributed by atoms with E-state index in [2.05, 4.69) is 20.6 Å². The van der Waals surface area contributed by atoms with Gasteiger partial charge in [-0.2, -0.15) is 0 Å². The highest BCUT2D eigenvalue weighted by Gasteiger charge is 2.43. The summed E-state index contributed by atoms with van der Waals surface area (Å²) in [5, 5.41) is 14.8. The van der Waals surface area contributed by atoms with Crippen LogP contribution in [0.5, 0.6) is 0 Å². The van der Waals surface area contributed by atoms with Crippen molar-refractivity contribution in [1.82, 2.24) is 20.6 Å². The topological polar surface area (TPSA) is 107 Å². The summed E-state index contributed by atoms with van der Waals surface area (Å²) < 4.78 is 0. The Hall–Kier alpha value is -2.05. The van der Waals surface area contributed by atoms with Crippen molar-refractivity contribution in [3.63, 3.8) is 0 Å². The summed E-state index contributed by atoms with van der Waals surface area (Å²) in [5.41, 5.74) is -0.834. The Morgan fingerprint density at radius 1 is 1.48 bits per heavy atom. The molecule has 1 aliphatic carbocycles. The maximum Gasteiger partial charge on any atom is 0.353 e. The van der Waals surface area contributed by atoms with Crippen molar-refractivity contribution >= 4 is 12.0 Å². The molecule has 2 rings (SSSR count). The molecule has 1 heterocycles. The van der Waals surface area contributed by atoms with Crippen LogP contribution in [-0.2, 0) is 5.54 Å². The second kappa shape index (κ2) is 5.38. The summed E-state index contributed by atoms with van der Waals surface area (Å²) in [4.78, 5) is 30.0. The molecule has 1 aromatic rings. The molecule has 0 bridgehead atoms. The number of urea groups is 1. The van der Waals surface area contributed by atoms with Gasteiger partial charge < -0.3 is 20.7 Å². The average Bonchev–Trinajstić information content (AvgIpc) is 2.83. The highest BCUT2D eigenvalue weighted by atomic mass is 16.4. The fourth-order valence-electron chi connectivity index (χ4n) is 2.27. The maximum atomic E-state index is 12.2. The second-order valence-corrected chi connectivity index (χ2v) is 6.20. The van der Waals surface area contributed by atoms with Crippen molar-refractivity contribution in [2.24, 2.45) is 0 Å². The van der Waals surface area contributed by atoms with Gasteiger partial charge in [-0.1, -0.05) is 6.92 Å². The van der Waals surface area contributed by atoms with Crippen LogP contribution in [0.4, 0.5) is 4.79 Å². The van der Waals surface area contributed by atoms with Gasteiger partial charge in [0.05, 0.1) is 11.7 Å². The lowest BCUT2D eigenvalue weighted by atomic mass is 9.76. The Labute approximate surface area is 123 Å². The predicted octanol–water partition coefficient (Wildman–Crippen LogP) is 1.97. The number of aromatic nitrogens is 2. The minimum atomic E-state index is -1.06. The molecule has 7 nitrogen and oxygen atoms in total. The third kappa shape index (κ3) is 3.17. The Kier molecular flexibility index (Phi) is 3.93. The van der Waals surface area contributed by atoms with Crippen LogP contribution in [0.1, 0.15) is 62.8 Å². The van der Waals surface area contributed by atoms with E-state index >= 15 is 0 Å². The number of H-pyrrole nitrogens is 1. The van der Waals surface area contributed by atoms with E-state index in [1.807, 2.05) is 20.8 Å². The third-order valence-corrected chi connectivity index (χ3v) is 4.16. The smallest absolute Gasteiger partial charge is 0.353 e. The van der Waals surface area contributed by atoms with Crippen molar-refractivity contribution in [1.29, 1.82) is 0 Å². The van der Waals surface area contributed by atoms with Gasteiger partial charge in [0.2, 0.25) is 0 Å². The van der Waals surface area contributed by atoms with Gasteiger partial charge in [-0.3, -0.25) is 0 Å².